The van der Waals surface area contributed by atoms with E-state index in [0.717, 1.165) is 45.7 Å². The molecular weight excluding hydrogens is 260 g/mol. The highest BCUT2D eigenvalue weighted by Crippen LogP contribution is 2.30. The molecule has 0 aromatic rings. The summed E-state index contributed by atoms with van der Waals surface area (Å²) in [7, 11) is 0. The molecular formula is C14H24N2O4. The zero-order valence-corrected chi connectivity index (χ0v) is 11.8. The molecule has 1 aliphatic carbocycles. The molecule has 2 rings (SSSR count). The molecule has 2 N–H and O–H groups in total. The fourth-order valence-electron chi connectivity index (χ4n) is 3.03. The van der Waals surface area contributed by atoms with Crippen LogP contribution in [0.25, 0.3) is 0 Å². The van der Waals surface area contributed by atoms with Gasteiger partial charge in [0, 0.05) is 26.2 Å². The third kappa shape index (κ3) is 4.18. The SMILES string of the molecule is O=C(NCCN1CCOCC1)[C@H]1CCCC[C@H]1C(=O)O. The average molecular weight is 284 g/mol. The van der Waals surface area contributed by atoms with Crippen molar-refractivity contribution in [3.05, 3.63) is 0 Å². The van der Waals surface area contributed by atoms with Gasteiger partial charge in [-0.3, -0.25) is 14.5 Å². The third-order valence-electron chi connectivity index (χ3n) is 4.25. The summed E-state index contributed by atoms with van der Waals surface area (Å²) in [4.78, 5) is 25.6. The van der Waals surface area contributed by atoms with Gasteiger partial charge >= 0.3 is 5.97 Å². The van der Waals surface area contributed by atoms with E-state index in [4.69, 9.17) is 4.74 Å². The minimum atomic E-state index is -0.835. The number of aliphatic carboxylic acids is 1. The number of nitrogens with one attached hydrogen (secondary N) is 1. The molecule has 0 spiro atoms. The summed E-state index contributed by atoms with van der Waals surface area (Å²) in [5.74, 6) is -1.79. The van der Waals surface area contributed by atoms with E-state index in [-0.39, 0.29) is 11.8 Å². The van der Waals surface area contributed by atoms with Crippen LogP contribution in [0.15, 0.2) is 0 Å². The Morgan fingerprint density at radius 1 is 1.15 bits per heavy atom. The molecule has 6 heteroatoms. The van der Waals surface area contributed by atoms with Gasteiger partial charge in [-0.2, -0.15) is 0 Å². The summed E-state index contributed by atoms with van der Waals surface area (Å²) >= 11 is 0. The number of carboxylic acid groups (broad SMARTS) is 1. The Morgan fingerprint density at radius 3 is 2.45 bits per heavy atom. The molecule has 2 aliphatic rings. The van der Waals surface area contributed by atoms with Gasteiger partial charge in [0.15, 0.2) is 0 Å². The summed E-state index contributed by atoms with van der Waals surface area (Å²) in [5, 5.41) is 12.1. The fraction of sp³-hybridized carbons (Fsp3) is 0.857. The second-order valence-corrected chi connectivity index (χ2v) is 5.58. The van der Waals surface area contributed by atoms with Crippen LogP contribution in [-0.4, -0.2) is 61.3 Å². The topological polar surface area (TPSA) is 78.9 Å². The predicted molar refractivity (Wildman–Crippen MR) is 73.4 cm³/mol. The van der Waals surface area contributed by atoms with Crippen LogP contribution in [-0.2, 0) is 14.3 Å². The zero-order valence-electron chi connectivity index (χ0n) is 11.8. The van der Waals surface area contributed by atoms with E-state index in [1.54, 1.807) is 0 Å². The van der Waals surface area contributed by atoms with Crippen molar-refractivity contribution >= 4 is 11.9 Å². The van der Waals surface area contributed by atoms with Crippen molar-refractivity contribution in [3.8, 4) is 0 Å². The highest BCUT2D eigenvalue weighted by Gasteiger charge is 2.35. The Kier molecular flexibility index (Phi) is 5.79. The summed E-state index contributed by atoms with van der Waals surface area (Å²) in [6.45, 7) is 4.69. The molecule has 0 bridgehead atoms. The second-order valence-electron chi connectivity index (χ2n) is 5.58. The van der Waals surface area contributed by atoms with E-state index >= 15 is 0 Å². The molecule has 1 amide bonds. The smallest absolute Gasteiger partial charge is 0.307 e. The lowest BCUT2D eigenvalue weighted by atomic mass is 9.79. The van der Waals surface area contributed by atoms with Crippen molar-refractivity contribution in [2.75, 3.05) is 39.4 Å². The average Bonchev–Trinajstić information content (AvgIpc) is 2.48. The van der Waals surface area contributed by atoms with Crippen LogP contribution < -0.4 is 5.32 Å². The van der Waals surface area contributed by atoms with Gasteiger partial charge in [0.05, 0.1) is 25.0 Å². The first-order valence-electron chi connectivity index (χ1n) is 7.49. The van der Waals surface area contributed by atoms with Crippen LogP contribution in [0.1, 0.15) is 25.7 Å². The van der Waals surface area contributed by atoms with Crippen LogP contribution in [0.4, 0.5) is 0 Å². The van der Waals surface area contributed by atoms with Crippen LogP contribution in [0.2, 0.25) is 0 Å². The van der Waals surface area contributed by atoms with E-state index in [9.17, 15) is 14.7 Å². The maximum atomic E-state index is 12.1. The number of amides is 1. The molecule has 1 aliphatic heterocycles. The lowest BCUT2D eigenvalue weighted by Gasteiger charge is -2.29. The molecule has 1 heterocycles. The minimum Gasteiger partial charge on any atom is -0.481 e. The maximum absolute atomic E-state index is 12.1. The molecule has 2 fully saturated rings. The quantitative estimate of drug-likeness (QED) is 0.760. The number of rotatable bonds is 5. The van der Waals surface area contributed by atoms with Crippen LogP contribution >= 0.6 is 0 Å². The van der Waals surface area contributed by atoms with Crippen LogP contribution in [0.5, 0.6) is 0 Å². The lowest BCUT2D eigenvalue weighted by molar-refractivity contribution is -0.148. The van der Waals surface area contributed by atoms with Gasteiger partial charge in [-0.15, -0.1) is 0 Å². The first kappa shape index (κ1) is 15.3. The normalized spacial score (nSPS) is 28.0. The molecule has 20 heavy (non-hydrogen) atoms. The molecule has 0 unspecified atom stereocenters. The van der Waals surface area contributed by atoms with Crippen molar-refractivity contribution in [1.82, 2.24) is 10.2 Å². The third-order valence-corrected chi connectivity index (χ3v) is 4.25. The molecule has 0 aromatic carbocycles. The minimum absolute atomic E-state index is 0.0923. The lowest BCUT2D eigenvalue weighted by Crippen LogP contribution is -2.44. The summed E-state index contributed by atoms with van der Waals surface area (Å²) in [6.07, 6.45) is 3.18. The number of carbonyl (C=O) groups is 2. The first-order valence-corrected chi connectivity index (χ1v) is 7.49. The summed E-state index contributed by atoms with van der Waals surface area (Å²) < 4.78 is 5.27. The van der Waals surface area contributed by atoms with E-state index in [2.05, 4.69) is 10.2 Å². The highest BCUT2D eigenvalue weighted by molar-refractivity contribution is 5.84. The maximum Gasteiger partial charge on any atom is 0.307 e. The van der Waals surface area contributed by atoms with E-state index in [1.165, 1.54) is 0 Å². The van der Waals surface area contributed by atoms with Gasteiger partial charge in [-0.1, -0.05) is 12.8 Å². The molecule has 1 saturated carbocycles. The van der Waals surface area contributed by atoms with E-state index in [1.807, 2.05) is 0 Å². The number of ether oxygens (including phenoxy) is 1. The summed E-state index contributed by atoms with van der Waals surface area (Å²) in [6, 6.07) is 0. The van der Waals surface area contributed by atoms with Crippen LogP contribution in [0, 0.1) is 11.8 Å². The van der Waals surface area contributed by atoms with Crippen molar-refractivity contribution in [3.63, 3.8) is 0 Å². The molecule has 114 valence electrons. The van der Waals surface area contributed by atoms with Crippen molar-refractivity contribution in [2.24, 2.45) is 11.8 Å². The largest absolute Gasteiger partial charge is 0.481 e. The number of nitrogens with zero attached hydrogens (tertiary/aromatic N) is 1. The Labute approximate surface area is 119 Å². The Bertz CT molecular complexity index is 342. The zero-order chi connectivity index (χ0) is 14.4. The van der Waals surface area contributed by atoms with Gasteiger partial charge in [0.2, 0.25) is 5.91 Å². The van der Waals surface area contributed by atoms with Gasteiger partial charge in [0.25, 0.3) is 0 Å². The predicted octanol–water partition coefficient (Wildman–Crippen LogP) is 0.326. The molecule has 2 atom stereocenters. The number of morpholine rings is 1. The second kappa shape index (κ2) is 7.59. The molecule has 6 nitrogen and oxygen atoms in total. The molecule has 0 radical (unpaired) electrons. The van der Waals surface area contributed by atoms with Crippen molar-refractivity contribution in [2.45, 2.75) is 25.7 Å². The van der Waals surface area contributed by atoms with Gasteiger partial charge < -0.3 is 15.2 Å². The molecule has 0 aromatic heterocycles. The number of hydrogen-bond donors (Lipinski definition) is 2. The number of hydrogen-bond acceptors (Lipinski definition) is 4. The first-order chi connectivity index (χ1) is 9.68. The van der Waals surface area contributed by atoms with Gasteiger partial charge in [0.1, 0.15) is 0 Å². The monoisotopic (exact) mass is 284 g/mol. The van der Waals surface area contributed by atoms with E-state index in [0.29, 0.717) is 19.4 Å². The van der Waals surface area contributed by atoms with Gasteiger partial charge in [-0.25, -0.2) is 0 Å². The van der Waals surface area contributed by atoms with Gasteiger partial charge in [-0.05, 0) is 12.8 Å². The fourth-order valence-corrected chi connectivity index (χ4v) is 3.03. The Hall–Kier alpha value is -1.14. The Morgan fingerprint density at radius 2 is 1.80 bits per heavy atom. The standard InChI is InChI=1S/C14H24N2O4/c17-13(11-3-1-2-4-12(11)14(18)19)15-5-6-16-7-9-20-10-8-16/h11-12H,1-10H2,(H,15,17)(H,18,19)/t11-,12+/m0/s1. The Balaban J connectivity index is 1.73. The number of carbonyl (C=O) groups excluding carboxylic acids is 1. The highest BCUT2D eigenvalue weighted by atomic mass is 16.5. The van der Waals surface area contributed by atoms with Crippen LogP contribution in [0.3, 0.4) is 0 Å². The van der Waals surface area contributed by atoms with Crippen molar-refractivity contribution < 1.29 is 19.4 Å². The van der Waals surface area contributed by atoms with Crippen molar-refractivity contribution in [1.29, 1.82) is 0 Å². The molecule has 1 saturated heterocycles. The van der Waals surface area contributed by atoms with E-state index < -0.39 is 11.9 Å². The summed E-state index contributed by atoms with van der Waals surface area (Å²) in [5.41, 5.74) is 0. The number of carboxylic acids is 1.